The first-order valence-electron chi connectivity index (χ1n) is 9.35. The van der Waals surface area contributed by atoms with E-state index in [4.69, 9.17) is 21.1 Å². The molecule has 160 valence electrons. The molecule has 0 saturated carbocycles. The zero-order chi connectivity index (χ0) is 22.4. The molecule has 0 aliphatic heterocycles. The number of carbonyl (C=O) groups excluding carboxylic acids is 1. The van der Waals surface area contributed by atoms with Gasteiger partial charge in [0.25, 0.3) is 5.91 Å². The summed E-state index contributed by atoms with van der Waals surface area (Å²) in [6.07, 6.45) is 4.98. The van der Waals surface area contributed by atoms with E-state index in [1.54, 1.807) is 35.0 Å². The molecule has 2 aromatic heterocycles. The number of aromatic nitrogens is 3. The van der Waals surface area contributed by atoms with Gasteiger partial charge in [-0.25, -0.2) is 0 Å². The van der Waals surface area contributed by atoms with E-state index in [9.17, 15) is 10.1 Å². The van der Waals surface area contributed by atoms with Gasteiger partial charge in [0, 0.05) is 24.4 Å². The molecule has 0 atom stereocenters. The SMILES string of the molecule is CCCc1nnc(NC(=O)/C(C#N)=C\c2cccn2-c2cc(Cl)c(OC)cc2OC)s1. The number of rotatable bonds is 8. The average Bonchev–Trinajstić information content (AvgIpc) is 3.41. The summed E-state index contributed by atoms with van der Waals surface area (Å²) in [6.45, 7) is 2.04. The lowest BCUT2D eigenvalue weighted by Crippen LogP contribution is -2.13. The fraction of sp³-hybridized carbons (Fsp3) is 0.238. The molecule has 1 N–H and O–H groups in total. The number of hydrogen-bond acceptors (Lipinski definition) is 7. The second kappa shape index (κ2) is 10.1. The van der Waals surface area contributed by atoms with Crippen LogP contribution in [0.25, 0.3) is 11.8 Å². The Balaban J connectivity index is 1.92. The second-order valence-corrected chi connectivity index (χ2v) is 7.81. The molecule has 3 rings (SSSR count). The van der Waals surface area contributed by atoms with Crippen molar-refractivity contribution in [1.82, 2.24) is 14.8 Å². The standard InChI is InChI=1S/C21H20ClN5O3S/c1-4-6-19-25-26-21(31-19)24-20(28)13(12-23)9-14-7-5-8-27(14)16-10-15(22)17(29-2)11-18(16)30-3/h5,7-11H,4,6H2,1-3H3,(H,24,26,28)/b13-9-. The van der Waals surface area contributed by atoms with Crippen LogP contribution in [0.15, 0.2) is 36.0 Å². The first-order chi connectivity index (χ1) is 15.0. The molecule has 8 nitrogen and oxygen atoms in total. The van der Waals surface area contributed by atoms with Gasteiger partial charge in [-0.15, -0.1) is 10.2 Å². The molecule has 1 amide bonds. The van der Waals surface area contributed by atoms with E-state index in [-0.39, 0.29) is 5.57 Å². The van der Waals surface area contributed by atoms with Crippen LogP contribution in [0.4, 0.5) is 5.13 Å². The highest BCUT2D eigenvalue weighted by Crippen LogP contribution is 2.35. The second-order valence-electron chi connectivity index (χ2n) is 6.34. The summed E-state index contributed by atoms with van der Waals surface area (Å²) < 4.78 is 12.5. The molecule has 10 heteroatoms. The van der Waals surface area contributed by atoms with E-state index in [0.717, 1.165) is 17.8 Å². The van der Waals surface area contributed by atoms with Crippen LogP contribution in [0, 0.1) is 11.3 Å². The normalized spacial score (nSPS) is 11.1. The third-order valence-corrected chi connectivity index (χ3v) is 5.50. The Hall–Kier alpha value is -3.35. The summed E-state index contributed by atoms with van der Waals surface area (Å²) in [7, 11) is 3.05. The average molecular weight is 458 g/mol. The summed E-state index contributed by atoms with van der Waals surface area (Å²) in [4.78, 5) is 12.6. The van der Waals surface area contributed by atoms with Crippen molar-refractivity contribution in [1.29, 1.82) is 5.26 Å². The number of nitrogens with zero attached hydrogens (tertiary/aromatic N) is 4. The summed E-state index contributed by atoms with van der Waals surface area (Å²) in [5.74, 6) is 0.435. The summed E-state index contributed by atoms with van der Waals surface area (Å²) >= 11 is 7.58. The van der Waals surface area contributed by atoms with Gasteiger partial charge >= 0.3 is 0 Å². The number of halogens is 1. The number of nitrogens with one attached hydrogen (secondary N) is 1. The van der Waals surface area contributed by atoms with Gasteiger partial charge in [0.2, 0.25) is 5.13 Å². The van der Waals surface area contributed by atoms with Crippen molar-refractivity contribution in [3.8, 4) is 23.3 Å². The highest BCUT2D eigenvalue weighted by Gasteiger charge is 2.16. The van der Waals surface area contributed by atoms with Gasteiger partial charge in [-0.3, -0.25) is 10.1 Å². The molecule has 1 aromatic carbocycles. The summed E-state index contributed by atoms with van der Waals surface area (Å²) in [6, 6.07) is 8.87. The molecule has 0 aliphatic rings. The van der Waals surface area contributed by atoms with Crippen molar-refractivity contribution in [2.75, 3.05) is 19.5 Å². The monoisotopic (exact) mass is 457 g/mol. The number of hydrogen-bond donors (Lipinski definition) is 1. The number of amides is 1. The first kappa shape index (κ1) is 22.3. The van der Waals surface area contributed by atoms with Crippen molar-refractivity contribution < 1.29 is 14.3 Å². The highest BCUT2D eigenvalue weighted by molar-refractivity contribution is 7.15. The molecule has 0 saturated heterocycles. The topological polar surface area (TPSA) is 102 Å². The van der Waals surface area contributed by atoms with Gasteiger partial charge in [-0.05, 0) is 30.7 Å². The molecule has 0 bridgehead atoms. The number of aryl methyl sites for hydroxylation is 1. The Morgan fingerprint density at radius 2 is 2.10 bits per heavy atom. The Kier molecular flexibility index (Phi) is 7.28. The lowest BCUT2D eigenvalue weighted by Gasteiger charge is -2.14. The zero-order valence-corrected chi connectivity index (χ0v) is 18.8. The van der Waals surface area contributed by atoms with Crippen LogP contribution in [0.3, 0.4) is 0 Å². The predicted molar refractivity (Wildman–Crippen MR) is 120 cm³/mol. The number of benzene rings is 1. The van der Waals surface area contributed by atoms with Crippen molar-refractivity contribution >= 4 is 40.1 Å². The lowest BCUT2D eigenvalue weighted by atomic mass is 10.2. The molecule has 3 aromatic rings. The van der Waals surface area contributed by atoms with Crippen molar-refractivity contribution in [2.24, 2.45) is 0 Å². The smallest absolute Gasteiger partial charge is 0.268 e. The van der Waals surface area contributed by atoms with Crippen LogP contribution in [-0.2, 0) is 11.2 Å². The van der Waals surface area contributed by atoms with Gasteiger partial charge < -0.3 is 14.0 Å². The molecule has 31 heavy (non-hydrogen) atoms. The maximum Gasteiger partial charge on any atom is 0.268 e. The van der Waals surface area contributed by atoms with E-state index in [0.29, 0.717) is 33.0 Å². The molecule has 0 fully saturated rings. The molecule has 0 aliphatic carbocycles. The van der Waals surface area contributed by atoms with E-state index in [1.165, 1.54) is 31.6 Å². The number of carbonyl (C=O) groups is 1. The minimum Gasteiger partial charge on any atom is -0.495 e. The van der Waals surface area contributed by atoms with Crippen LogP contribution < -0.4 is 14.8 Å². The third kappa shape index (κ3) is 5.05. The fourth-order valence-electron chi connectivity index (χ4n) is 2.84. The molecule has 0 unspecified atom stereocenters. The third-order valence-electron chi connectivity index (χ3n) is 4.30. The van der Waals surface area contributed by atoms with Crippen LogP contribution in [0.2, 0.25) is 5.02 Å². The van der Waals surface area contributed by atoms with E-state index >= 15 is 0 Å². The van der Waals surface area contributed by atoms with Crippen LogP contribution in [-0.4, -0.2) is 34.9 Å². The van der Waals surface area contributed by atoms with Crippen molar-refractivity contribution in [3.05, 3.63) is 51.8 Å². The van der Waals surface area contributed by atoms with Gasteiger partial charge in [-0.1, -0.05) is 29.9 Å². The van der Waals surface area contributed by atoms with Crippen LogP contribution in [0.1, 0.15) is 24.0 Å². The highest BCUT2D eigenvalue weighted by atomic mass is 35.5. The summed E-state index contributed by atoms with van der Waals surface area (Å²) in [5.41, 5.74) is 1.15. The molecule has 0 radical (unpaired) electrons. The molecular weight excluding hydrogens is 438 g/mol. The largest absolute Gasteiger partial charge is 0.495 e. The Labute approximate surface area is 188 Å². The summed E-state index contributed by atoms with van der Waals surface area (Å²) in [5, 5.41) is 21.8. The van der Waals surface area contributed by atoms with E-state index < -0.39 is 5.91 Å². The maximum absolute atomic E-state index is 12.6. The fourth-order valence-corrected chi connectivity index (χ4v) is 3.91. The number of anilines is 1. The first-order valence-corrected chi connectivity index (χ1v) is 10.5. The Morgan fingerprint density at radius 3 is 2.77 bits per heavy atom. The van der Waals surface area contributed by atoms with Crippen LogP contribution in [0.5, 0.6) is 11.5 Å². The van der Waals surface area contributed by atoms with E-state index in [1.807, 2.05) is 13.0 Å². The lowest BCUT2D eigenvalue weighted by molar-refractivity contribution is -0.112. The predicted octanol–water partition coefficient (Wildman–Crippen LogP) is 4.50. The zero-order valence-electron chi connectivity index (χ0n) is 17.2. The van der Waals surface area contributed by atoms with Crippen molar-refractivity contribution in [2.45, 2.75) is 19.8 Å². The Bertz CT molecular complexity index is 1160. The molecule has 0 spiro atoms. The maximum atomic E-state index is 12.6. The number of methoxy groups -OCH3 is 2. The quantitative estimate of drug-likeness (QED) is 0.394. The van der Waals surface area contributed by atoms with Gasteiger partial charge in [0.05, 0.1) is 24.9 Å². The van der Waals surface area contributed by atoms with E-state index in [2.05, 4.69) is 15.5 Å². The molecular formula is C21H20ClN5O3S. The number of nitriles is 1. The Morgan fingerprint density at radius 1 is 1.32 bits per heavy atom. The van der Waals surface area contributed by atoms with Gasteiger partial charge in [0.15, 0.2) is 0 Å². The minimum atomic E-state index is -0.561. The van der Waals surface area contributed by atoms with Crippen LogP contribution >= 0.6 is 22.9 Å². The van der Waals surface area contributed by atoms with Gasteiger partial charge in [0.1, 0.15) is 28.1 Å². The molecule has 2 heterocycles. The van der Waals surface area contributed by atoms with Gasteiger partial charge in [-0.2, -0.15) is 5.26 Å². The van der Waals surface area contributed by atoms with Crippen molar-refractivity contribution in [3.63, 3.8) is 0 Å². The minimum absolute atomic E-state index is 0.0780. The number of ether oxygens (including phenoxy) is 2.